The summed E-state index contributed by atoms with van der Waals surface area (Å²) >= 11 is 1.85. The van der Waals surface area contributed by atoms with Crippen molar-refractivity contribution in [2.24, 2.45) is 0 Å². The van der Waals surface area contributed by atoms with Crippen LogP contribution in [-0.2, 0) is 0 Å². The van der Waals surface area contributed by atoms with Gasteiger partial charge in [-0.25, -0.2) is 4.98 Å². The second-order valence-corrected chi connectivity index (χ2v) is 5.42. The molecule has 0 spiro atoms. The van der Waals surface area contributed by atoms with Gasteiger partial charge in [0.15, 0.2) is 0 Å². The van der Waals surface area contributed by atoms with Crippen molar-refractivity contribution in [3.05, 3.63) is 15.6 Å². The molecule has 1 nitrogen and oxygen atoms in total. The molecule has 72 valence electrons. The summed E-state index contributed by atoms with van der Waals surface area (Å²) in [6.45, 7) is 4.33. The summed E-state index contributed by atoms with van der Waals surface area (Å²) in [7, 11) is 0. The minimum Gasteiger partial charge on any atom is -0.246 e. The highest BCUT2D eigenvalue weighted by atomic mass is 32.1. The maximum Gasteiger partial charge on any atom is 0.0900 e. The Morgan fingerprint density at radius 3 is 2.38 bits per heavy atom. The molecule has 1 aromatic rings. The van der Waals surface area contributed by atoms with Crippen molar-refractivity contribution in [3.8, 4) is 0 Å². The number of hydrogen-bond acceptors (Lipinski definition) is 2. The van der Waals surface area contributed by atoms with Crippen LogP contribution in [0.3, 0.4) is 0 Å². The van der Waals surface area contributed by atoms with Crippen molar-refractivity contribution >= 4 is 11.3 Å². The Balaban J connectivity index is 2.18. The summed E-state index contributed by atoms with van der Waals surface area (Å²) in [6, 6.07) is 0. The van der Waals surface area contributed by atoms with Gasteiger partial charge in [-0.15, -0.1) is 11.3 Å². The van der Waals surface area contributed by atoms with Gasteiger partial charge < -0.3 is 0 Å². The van der Waals surface area contributed by atoms with Gasteiger partial charge in [-0.1, -0.05) is 19.3 Å². The van der Waals surface area contributed by atoms with E-state index in [0.717, 1.165) is 5.92 Å². The maximum absolute atomic E-state index is 4.65. The molecule has 0 radical (unpaired) electrons. The first-order chi connectivity index (χ1) is 6.27. The molecule has 13 heavy (non-hydrogen) atoms. The fourth-order valence-electron chi connectivity index (χ4n) is 2.30. The molecule has 1 aliphatic rings. The second kappa shape index (κ2) is 3.79. The molecule has 2 heteroatoms. The monoisotopic (exact) mass is 195 g/mol. The van der Waals surface area contributed by atoms with E-state index < -0.39 is 0 Å². The van der Waals surface area contributed by atoms with E-state index in [2.05, 4.69) is 18.8 Å². The number of rotatable bonds is 1. The van der Waals surface area contributed by atoms with Gasteiger partial charge >= 0.3 is 0 Å². The first-order valence-corrected chi connectivity index (χ1v) is 6.03. The number of aryl methyl sites for hydroxylation is 2. The van der Waals surface area contributed by atoms with E-state index in [0.29, 0.717) is 0 Å². The molecule has 1 aliphatic carbocycles. The summed E-state index contributed by atoms with van der Waals surface area (Å²) < 4.78 is 0. The molecule has 2 rings (SSSR count). The third kappa shape index (κ3) is 1.93. The van der Waals surface area contributed by atoms with Gasteiger partial charge in [-0.3, -0.25) is 0 Å². The Hall–Kier alpha value is -0.370. The van der Waals surface area contributed by atoms with Crippen LogP contribution < -0.4 is 0 Å². The van der Waals surface area contributed by atoms with Crippen LogP contribution >= 0.6 is 11.3 Å². The molecular weight excluding hydrogens is 178 g/mol. The maximum atomic E-state index is 4.65. The van der Waals surface area contributed by atoms with Gasteiger partial charge in [0, 0.05) is 10.8 Å². The fraction of sp³-hybridized carbons (Fsp3) is 0.727. The summed E-state index contributed by atoms with van der Waals surface area (Å²) in [5.41, 5.74) is 1.40. The lowest BCUT2D eigenvalue weighted by atomic mass is 9.86. The van der Waals surface area contributed by atoms with Crippen molar-refractivity contribution in [1.29, 1.82) is 0 Å². The number of thiazole rings is 1. The van der Waals surface area contributed by atoms with Crippen LogP contribution in [0.25, 0.3) is 0 Å². The SMILES string of the molecule is Cc1nc(C2CCCCC2)c(C)s1. The lowest BCUT2D eigenvalue weighted by Gasteiger charge is -2.20. The normalized spacial score (nSPS) is 19.2. The summed E-state index contributed by atoms with van der Waals surface area (Å²) in [5, 5.41) is 1.23. The van der Waals surface area contributed by atoms with Crippen LogP contribution in [-0.4, -0.2) is 4.98 Å². The molecule has 0 unspecified atom stereocenters. The molecule has 0 bridgehead atoms. The molecular formula is C11H17NS. The van der Waals surface area contributed by atoms with Gasteiger partial charge in [0.1, 0.15) is 0 Å². The van der Waals surface area contributed by atoms with Gasteiger partial charge in [-0.2, -0.15) is 0 Å². The third-order valence-corrected chi connectivity index (χ3v) is 3.83. The van der Waals surface area contributed by atoms with Crippen LogP contribution in [0.5, 0.6) is 0 Å². The molecule has 1 aromatic heterocycles. The van der Waals surface area contributed by atoms with Crippen LogP contribution in [0, 0.1) is 13.8 Å². The molecule has 0 atom stereocenters. The van der Waals surface area contributed by atoms with Crippen molar-refractivity contribution in [1.82, 2.24) is 4.98 Å². The molecule has 0 amide bonds. The Kier molecular flexibility index (Phi) is 2.68. The summed E-state index contributed by atoms with van der Waals surface area (Å²) in [4.78, 5) is 6.10. The minimum absolute atomic E-state index is 0.777. The lowest BCUT2D eigenvalue weighted by Crippen LogP contribution is -2.05. The van der Waals surface area contributed by atoms with E-state index >= 15 is 0 Å². The number of aromatic nitrogens is 1. The third-order valence-electron chi connectivity index (χ3n) is 2.93. The molecule has 1 saturated carbocycles. The van der Waals surface area contributed by atoms with E-state index in [-0.39, 0.29) is 0 Å². The summed E-state index contributed by atoms with van der Waals surface area (Å²) in [5.74, 6) is 0.777. The molecule has 0 aliphatic heterocycles. The first-order valence-electron chi connectivity index (χ1n) is 5.21. The molecule has 0 aromatic carbocycles. The molecule has 0 saturated heterocycles. The van der Waals surface area contributed by atoms with Gasteiger partial charge in [-0.05, 0) is 26.7 Å². The van der Waals surface area contributed by atoms with Crippen LogP contribution in [0.15, 0.2) is 0 Å². The summed E-state index contributed by atoms with van der Waals surface area (Å²) in [6.07, 6.45) is 6.97. The Labute approximate surface area is 84.2 Å². The van der Waals surface area contributed by atoms with E-state index in [4.69, 9.17) is 0 Å². The Bertz CT molecular complexity index is 284. The van der Waals surface area contributed by atoms with Gasteiger partial charge in [0.2, 0.25) is 0 Å². The zero-order valence-electron chi connectivity index (χ0n) is 8.47. The first kappa shape index (κ1) is 9.20. The van der Waals surface area contributed by atoms with Gasteiger partial charge in [0.05, 0.1) is 10.7 Å². The topological polar surface area (TPSA) is 12.9 Å². The van der Waals surface area contributed by atoms with Crippen molar-refractivity contribution in [3.63, 3.8) is 0 Å². The highest BCUT2D eigenvalue weighted by molar-refractivity contribution is 7.11. The average molecular weight is 195 g/mol. The van der Waals surface area contributed by atoms with Crippen molar-refractivity contribution in [2.75, 3.05) is 0 Å². The quantitative estimate of drug-likeness (QED) is 0.664. The minimum atomic E-state index is 0.777. The predicted molar refractivity (Wildman–Crippen MR) is 57.4 cm³/mol. The fourth-order valence-corrected chi connectivity index (χ4v) is 3.20. The zero-order valence-corrected chi connectivity index (χ0v) is 9.28. The molecule has 1 heterocycles. The standard InChI is InChI=1S/C11H17NS/c1-8-11(12-9(2)13-8)10-6-4-3-5-7-10/h10H,3-7H2,1-2H3. The molecule has 0 N–H and O–H groups in total. The smallest absolute Gasteiger partial charge is 0.0900 e. The predicted octanol–water partition coefficient (Wildman–Crippen LogP) is 3.81. The average Bonchev–Trinajstić information content (AvgIpc) is 2.47. The molecule has 1 fully saturated rings. The van der Waals surface area contributed by atoms with Crippen LogP contribution in [0.1, 0.15) is 53.6 Å². The van der Waals surface area contributed by atoms with E-state index in [1.165, 1.54) is 47.7 Å². The second-order valence-electron chi connectivity index (χ2n) is 4.01. The van der Waals surface area contributed by atoms with E-state index in [9.17, 15) is 0 Å². The number of nitrogens with zero attached hydrogens (tertiary/aromatic N) is 1. The van der Waals surface area contributed by atoms with Crippen molar-refractivity contribution < 1.29 is 0 Å². The van der Waals surface area contributed by atoms with E-state index in [1.807, 2.05) is 11.3 Å². The van der Waals surface area contributed by atoms with Crippen molar-refractivity contribution in [2.45, 2.75) is 51.9 Å². The van der Waals surface area contributed by atoms with E-state index in [1.54, 1.807) is 0 Å². The van der Waals surface area contributed by atoms with Gasteiger partial charge in [0.25, 0.3) is 0 Å². The highest BCUT2D eigenvalue weighted by Crippen LogP contribution is 2.35. The Morgan fingerprint density at radius 2 is 1.85 bits per heavy atom. The van der Waals surface area contributed by atoms with Crippen LogP contribution in [0.4, 0.5) is 0 Å². The number of hydrogen-bond donors (Lipinski definition) is 0. The Morgan fingerprint density at radius 1 is 1.15 bits per heavy atom. The largest absolute Gasteiger partial charge is 0.246 e. The zero-order chi connectivity index (χ0) is 9.26. The highest BCUT2D eigenvalue weighted by Gasteiger charge is 2.19. The lowest BCUT2D eigenvalue weighted by molar-refractivity contribution is 0.436. The van der Waals surface area contributed by atoms with Crippen LogP contribution in [0.2, 0.25) is 0 Å².